The molecular weight excluding hydrogens is 602 g/mol. The number of rotatable bonds is 5. The maximum absolute atomic E-state index is 14.6. The molecule has 0 spiro atoms. The molecule has 0 radical (unpaired) electrons. The van der Waals surface area contributed by atoms with Gasteiger partial charge in [-0.2, -0.15) is 5.10 Å². The fourth-order valence-electron chi connectivity index (χ4n) is 7.47. The van der Waals surface area contributed by atoms with Crippen molar-refractivity contribution in [3.63, 3.8) is 0 Å². The van der Waals surface area contributed by atoms with Crippen LogP contribution in [0.1, 0.15) is 69.9 Å². The average molecular weight is 643 g/mol. The van der Waals surface area contributed by atoms with Crippen LogP contribution in [0.3, 0.4) is 0 Å². The highest BCUT2D eigenvalue weighted by Crippen LogP contribution is 2.45. The van der Waals surface area contributed by atoms with Crippen LogP contribution in [0.5, 0.6) is 0 Å². The van der Waals surface area contributed by atoms with E-state index in [0.29, 0.717) is 56.0 Å². The largest absolute Gasteiger partial charge is 0.341 e. The molecule has 2 aromatic carbocycles. The van der Waals surface area contributed by atoms with E-state index in [0.717, 1.165) is 48.2 Å². The van der Waals surface area contributed by atoms with Crippen molar-refractivity contribution in [2.75, 3.05) is 38.1 Å². The number of benzene rings is 2. The van der Waals surface area contributed by atoms with Crippen LogP contribution in [0, 0.1) is 0 Å². The summed E-state index contributed by atoms with van der Waals surface area (Å²) in [5, 5.41) is 6.99. The number of fused-ring (bicyclic) bond motifs is 2. The molecule has 1 saturated heterocycles. The molecule has 246 valence electrons. The van der Waals surface area contributed by atoms with Crippen molar-refractivity contribution in [1.82, 2.24) is 34.4 Å². The van der Waals surface area contributed by atoms with Crippen molar-refractivity contribution >= 4 is 23.3 Å². The summed E-state index contributed by atoms with van der Waals surface area (Å²) in [5.74, 6) is 0.201. The zero-order valence-corrected chi connectivity index (χ0v) is 27.0. The van der Waals surface area contributed by atoms with Crippen LogP contribution in [-0.4, -0.2) is 74.3 Å². The number of aromatic nitrogens is 4. The lowest BCUT2D eigenvalue weighted by Gasteiger charge is -2.39. The van der Waals surface area contributed by atoms with E-state index in [2.05, 4.69) is 32.4 Å². The smallest absolute Gasteiger partial charge is 0.317 e. The first-order valence-corrected chi connectivity index (χ1v) is 16.3. The molecule has 3 aliphatic rings. The van der Waals surface area contributed by atoms with Gasteiger partial charge in [0.2, 0.25) is 0 Å². The van der Waals surface area contributed by atoms with Crippen LogP contribution in [0.25, 0.3) is 11.1 Å². The molecule has 2 aromatic heterocycles. The first-order valence-electron chi connectivity index (χ1n) is 16.3. The van der Waals surface area contributed by atoms with Crippen LogP contribution >= 0.6 is 0 Å². The lowest BCUT2D eigenvalue weighted by Crippen LogP contribution is -2.42. The Bertz CT molecular complexity index is 1820. The van der Waals surface area contributed by atoms with Gasteiger partial charge in [-0.15, -0.1) is 0 Å². The lowest BCUT2D eigenvalue weighted by molar-refractivity contribution is 0.0707. The summed E-state index contributed by atoms with van der Waals surface area (Å²) < 4.78 is 32.7. The minimum Gasteiger partial charge on any atom is -0.341 e. The van der Waals surface area contributed by atoms with Gasteiger partial charge in [-0.1, -0.05) is 6.07 Å². The summed E-state index contributed by atoms with van der Waals surface area (Å²) in [5.41, 5.74) is 7.90. The minimum atomic E-state index is -2.65. The van der Waals surface area contributed by atoms with E-state index in [1.807, 2.05) is 22.9 Å². The van der Waals surface area contributed by atoms with Gasteiger partial charge in [0.05, 0.1) is 12.5 Å². The van der Waals surface area contributed by atoms with Gasteiger partial charge in [-0.25, -0.2) is 18.6 Å². The summed E-state index contributed by atoms with van der Waals surface area (Å²) in [7, 11) is 5.28. The molecule has 0 atom stereocenters. The second-order valence-electron chi connectivity index (χ2n) is 12.9. The molecular formula is C35H40F2N8O2. The molecule has 4 aromatic rings. The molecule has 1 fully saturated rings. The van der Waals surface area contributed by atoms with E-state index < -0.39 is 6.43 Å². The number of halogens is 2. The van der Waals surface area contributed by atoms with E-state index >= 15 is 0 Å². The first-order chi connectivity index (χ1) is 22.7. The number of amides is 3. The van der Waals surface area contributed by atoms with E-state index in [1.54, 1.807) is 54.3 Å². The molecule has 0 unspecified atom stereocenters. The van der Waals surface area contributed by atoms with Crippen molar-refractivity contribution in [3.8, 4) is 11.1 Å². The van der Waals surface area contributed by atoms with Gasteiger partial charge in [0.25, 0.3) is 12.3 Å². The number of alkyl halides is 2. The predicted molar refractivity (Wildman–Crippen MR) is 175 cm³/mol. The monoisotopic (exact) mass is 642 g/mol. The van der Waals surface area contributed by atoms with E-state index in [9.17, 15) is 18.4 Å². The maximum atomic E-state index is 14.6. The van der Waals surface area contributed by atoms with Crippen LogP contribution in [0.2, 0.25) is 0 Å². The normalized spacial score (nSPS) is 16.8. The van der Waals surface area contributed by atoms with Crippen molar-refractivity contribution in [2.24, 2.45) is 14.1 Å². The van der Waals surface area contributed by atoms with Gasteiger partial charge < -0.3 is 24.6 Å². The SMILES string of the molecule is CNC(=O)N1CCc2cc(C3CCN(C(=O)c4cn(C)cn4)CC3)cc(N3CCCc4cc(-c5cnn(C)c5)c(C(F)F)cc43)c2C1. The summed E-state index contributed by atoms with van der Waals surface area (Å²) in [4.78, 5) is 36.0. The number of aryl methyl sites for hydroxylation is 3. The molecule has 10 nitrogen and oxygen atoms in total. The Morgan fingerprint density at radius 2 is 1.74 bits per heavy atom. The molecule has 5 heterocycles. The molecule has 0 saturated carbocycles. The van der Waals surface area contributed by atoms with Crippen molar-refractivity contribution in [1.29, 1.82) is 0 Å². The first kappa shape index (κ1) is 30.9. The number of imidazole rings is 1. The maximum Gasteiger partial charge on any atom is 0.317 e. The number of hydrogen-bond donors (Lipinski definition) is 1. The Kier molecular flexibility index (Phi) is 8.19. The van der Waals surface area contributed by atoms with Crippen molar-refractivity contribution < 1.29 is 18.4 Å². The van der Waals surface area contributed by atoms with Crippen molar-refractivity contribution in [3.05, 3.63) is 82.7 Å². The predicted octanol–water partition coefficient (Wildman–Crippen LogP) is 5.56. The number of likely N-dealkylation sites (tertiary alicyclic amines) is 1. The van der Waals surface area contributed by atoms with Gasteiger partial charge in [0.1, 0.15) is 5.69 Å². The summed E-state index contributed by atoms with van der Waals surface area (Å²) in [6.07, 6.45) is 8.17. The third-order valence-corrected chi connectivity index (χ3v) is 9.93. The van der Waals surface area contributed by atoms with E-state index in [-0.39, 0.29) is 23.4 Å². The van der Waals surface area contributed by atoms with Gasteiger partial charge >= 0.3 is 6.03 Å². The third kappa shape index (κ3) is 5.85. The van der Waals surface area contributed by atoms with Crippen LogP contribution in [0.15, 0.2) is 49.2 Å². The molecule has 7 rings (SSSR count). The number of carbonyl (C=O) groups excluding carboxylic acids is 2. The zero-order chi connectivity index (χ0) is 32.8. The Hall–Kier alpha value is -4.74. The van der Waals surface area contributed by atoms with Crippen molar-refractivity contribution in [2.45, 2.75) is 51.0 Å². The molecule has 1 N–H and O–H groups in total. The summed E-state index contributed by atoms with van der Waals surface area (Å²) in [6.45, 7) is 3.02. The highest BCUT2D eigenvalue weighted by molar-refractivity contribution is 5.92. The standard InChI is InChI=1S/C35H40F2N8O2/c1-38-35(47)44-12-8-23-13-25(22-6-10-43(11-7-22)34(46)30-20-41(2)21-39-30)15-32(29(23)19-44)45-9-4-5-24-14-27(26-17-40-42(3)18-26)28(33(36)37)16-31(24)45/h13-18,20-22,33H,4-12,19H2,1-3H3,(H,38,47). The van der Waals surface area contributed by atoms with E-state index in [1.165, 1.54) is 11.1 Å². The summed E-state index contributed by atoms with van der Waals surface area (Å²) in [6, 6.07) is 7.96. The van der Waals surface area contributed by atoms with Crippen LogP contribution in [0.4, 0.5) is 25.0 Å². The number of urea groups is 1. The molecule has 12 heteroatoms. The second-order valence-corrected chi connectivity index (χ2v) is 12.9. The zero-order valence-electron chi connectivity index (χ0n) is 27.0. The Morgan fingerprint density at radius 1 is 0.936 bits per heavy atom. The number of piperidine rings is 1. The quantitative estimate of drug-likeness (QED) is 0.308. The second kappa shape index (κ2) is 12.5. The average Bonchev–Trinajstić information content (AvgIpc) is 3.73. The molecule has 0 aliphatic carbocycles. The van der Waals surface area contributed by atoms with Crippen LogP contribution in [-0.2, 0) is 33.5 Å². The Balaban J connectivity index is 1.26. The van der Waals surface area contributed by atoms with Gasteiger partial charge in [0, 0.05) is 88.8 Å². The Morgan fingerprint density at radius 3 is 2.43 bits per heavy atom. The van der Waals surface area contributed by atoms with Crippen LogP contribution < -0.4 is 10.2 Å². The molecule has 0 bridgehead atoms. The van der Waals surface area contributed by atoms with Gasteiger partial charge in [-0.3, -0.25) is 9.48 Å². The number of hydrogen-bond acceptors (Lipinski definition) is 5. The molecule has 3 amide bonds. The summed E-state index contributed by atoms with van der Waals surface area (Å²) >= 11 is 0. The molecule has 47 heavy (non-hydrogen) atoms. The van der Waals surface area contributed by atoms with E-state index in [4.69, 9.17) is 0 Å². The lowest BCUT2D eigenvalue weighted by atomic mass is 9.84. The number of nitrogens with zero attached hydrogens (tertiary/aromatic N) is 7. The number of carbonyl (C=O) groups is 2. The Labute approximate surface area is 273 Å². The highest BCUT2D eigenvalue weighted by Gasteiger charge is 2.32. The highest BCUT2D eigenvalue weighted by atomic mass is 19.3. The van der Waals surface area contributed by atoms with Gasteiger partial charge in [0.15, 0.2) is 0 Å². The van der Waals surface area contributed by atoms with Gasteiger partial charge in [-0.05, 0) is 84.0 Å². The molecule has 3 aliphatic heterocycles. The minimum absolute atomic E-state index is 0.00870. The number of anilines is 2. The third-order valence-electron chi connectivity index (χ3n) is 9.93. The fourth-order valence-corrected chi connectivity index (χ4v) is 7.47. The number of nitrogens with one attached hydrogen (secondary N) is 1. The fraction of sp³-hybridized carbons (Fsp3) is 0.429. The topological polar surface area (TPSA) is 91.5 Å².